The Kier molecular flexibility index (Phi) is 13.9. The molecular formula is C32H48N3O10Si. The summed E-state index contributed by atoms with van der Waals surface area (Å²) in [6.45, 7) is 18.5. The number of Topliss-reactive ketones (excluding diaryl/α,β-unsaturated/α-hetero) is 1. The van der Waals surface area contributed by atoms with E-state index in [0.717, 1.165) is 4.90 Å². The second-order valence-electron chi connectivity index (χ2n) is 12.9. The minimum Gasteiger partial charge on any atom is -0.454 e. The monoisotopic (exact) mass is 662 g/mol. The molecule has 2 aliphatic rings. The molecule has 5 atom stereocenters. The van der Waals surface area contributed by atoms with Crippen molar-refractivity contribution in [2.75, 3.05) is 40.5 Å². The normalized spacial score (nSPS) is 22.1. The largest absolute Gasteiger partial charge is 0.454 e. The number of carbonyl (C=O) groups is 6. The molecule has 14 heteroatoms. The van der Waals surface area contributed by atoms with Crippen LogP contribution in [-0.2, 0) is 37.8 Å². The second kappa shape index (κ2) is 16.7. The Bertz CT molecular complexity index is 1220. The molecule has 2 saturated heterocycles. The SMILES string of the molecule is C=CCOC(=O)C(=O)N1C(=O)[C@@H]([C@@H](CO[Si](C)C)C(C)(C)C)[C@H]1CC(=O)C(C)=C[C@@H]1C[C@@H](OC(=O)N(C)C)CN1C(=O)OCC=C. The molecule has 2 heterocycles. The van der Waals surface area contributed by atoms with E-state index in [0.29, 0.717) is 0 Å². The van der Waals surface area contributed by atoms with Crippen LogP contribution in [0.1, 0.15) is 40.5 Å². The van der Waals surface area contributed by atoms with Crippen molar-refractivity contribution in [1.29, 1.82) is 0 Å². The van der Waals surface area contributed by atoms with E-state index >= 15 is 0 Å². The lowest BCUT2D eigenvalue weighted by molar-refractivity contribution is -0.181. The van der Waals surface area contributed by atoms with Crippen molar-refractivity contribution < 1.29 is 47.4 Å². The van der Waals surface area contributed by atoms with E-state index < -0.39 is 74.3 Å². The van der Waals surface area contributed by atoms with E-state index in [1.807, 2.05) is 33.9 Å². The number of ether oxygens (including phenoxy) is 3. The maximum Gasteiger partial charge on any atom is 0.410 e. The molecule has 2 aliphatic heterocycles. The minimum absolute atomic E-state index is 0.0285. The predicted octanol–water partition coefficient (Wildman–Crippen LogP) is 3.37. The third-order valence-corrected chi connectivity index (χ3v) is 8.61. The Morgan fingerprint density at radius 1 is 1.07 bits per heavy atom. The summed E-state index contributed by atoms with van der Waals surface area (Å²) in [5.41, 5.74) is -0.167. The average molecular weight is 663 g/mol. The lowest BCUT2D eigenvalue weighted by Crippen LogP contribution is -2.68. The first kappa shape index (κ1) is 38.4. The van der Waals surface area contributed by atoms with E-state index in [4.69, 9.17) is 18.6 Å². The molecule has 0 N–H and O–H groups in total. The first-order valence-corrected chi connectivity index (χ1v) is 17.6. The lowest BCUT2D eigenvalue weighted by atomic mass is 9.65. The van der Waals surface area contributed by atoms with Gasteiger partial charge in [0, 0.05) is 33.5 Å². The van der Waals surface area contributed by atoms with E-state index in [1.54, 1.807) is 27.1 Å². The van der Waals surface area contributed by atoms with Crippen molar-refractivity contribution in [3.63, 3.8) is 0 Å². The zero-order chi connectivity index (χ0) is 34.9. The molecule has 0 aliphatic carbocycles. The smallest absolute Gasteiger partial charge is 0.410 e. The predicted molar refractivity (Wildman–Crippen MR) is 171 cm³/mol. The average Bonchev–Trinajstić information content (AvgIpc) is 3.36. The highest BCUT2D eigenvalue weighted by atomic mass is 28.3. The standard InChI is InChI=1S/C32H48N3O10Si/c1-11-13-42-29(39)28(38)35-24(26(27(35)37)23(32(4,5)6)19-44-46(9)10)17-25(36)20(3)15-21-16-22(45-30(40)33(7)8)18-34(21)31(41)43-14-12-2/h11-12,15,21-24,26H,1-2,13-14,16-19H2,3-10H3/t21-,22-,23-,24-,26+/m1/s1. The van der Waals surface area contributed by atoms with Gasteiger partial charge in [-0.2, -0.15) is 0 Å². The molecule has 0 unspecified atom stereocenters. The highest BCUT2D eigenvalue weighted by Crippen LogP contribution is 2.44. The zero-order valence-electron chi connectivity index (χ0n) is 28.2. The Hall–Kier alpha value is -3.78. The summed E-state index contributed by atoms with van der Waals surface area (Å²) in [4.78, 5) is 81.3. The highest BCUT2D eigenvalue weighted by Gasteiger charge is 2.57. The van der Waals surface area contributed by atoms with Crippen molar-refractivity contribution in [3.8, 4) is 0 Å². The molecule has 13 nitrogen and oxygen atoms in total. The second-order valence-corrected chi connectivity index (χ2v) is 15.0. The van der Waals surface area contributed by atoms with Gasteiger partial charge in [-0.25, -0.2) is 14.4 Å². The maximum absolute atomic E-state index is 13.7. The van der Waals surface area contributed by atoms with Gasteiger partial charge in [-0.1, -0.05) is 52.2 Å². The minimum atomic E-state index is -1.22. The Morgan fingerprint density at radius 2 is 1.67 bits per heavy atom. The van der Waals surface area contributed by atoms with Gasteiger partial charge in [0.25, 0.3) is 0 Å². The number of carbonyl (C=O) groups excluding carboxylic acids is 6. The number of hydrogen-bond acceptors (Lipinski definition) is 10. The number of amides is 4. The van der Waals surface area contributed by atoms with E-state index in [-0.39, 0.29) is 50.7 Å². The van der Waals surface area contributed by atoms with Gasteiger partial charge < -0.3 is 23.5 Å². The number of likely N-dealkylation sites (tertiary alicyclic amines) is 2. The number of rotatable bonds is 13. The fourth-order valence-corrected chi connectivity index (χ4v) is 5.91. The first-order chi connectivity index (χ1) is 21.4. The van der Waals surface area contributed by atoms with Crippen LogP contribution >= 0.6 is 0 Å². The van der Waals surface area contributed by atoms with Crippen molar-refractivity contribution in [1.82, 2.24) is 14.7 Å². The molecule has 255 valence electrons. The van der Waals surface area contributed by atoms with Gasteiger partial charge in [0.05, 0.1) is 24.5 Å². The number of nitrogens with zero attached hydrogens (tertiary/aromatic N) is 3. The van der Waals surface area contributed by atoms with Crippen LogP contribution in [0.25, 0.3) is 0 Å². The zero-order valence-corrected chi connectivity index (χ0v) is 29.2. The van der Waals surface area contributed by atoms with Gasteiger partial charge in [0.15, 0.2) is 5.78 Å². The Morgan fingerprint density at radius 3 is 2.22 bits per heavy atom. The quantitative estimate of drug-likeness (QED) is 0.0547. The molecule has 0 aromatic heterocycles. The number of β-lactam (4-membered cyclic amide) rings is 1. The lowest BCUT2D eigenvalue weighted by Gasteiger charge is -2.51. The van der Waals surface area contributed by atoms with Crippen LogP contribution in [-0.4, -0.2) is 118 Å². The summed E-state index contributed by atoms with van der Waals surface area (Å²) in [5.74, 6) is -4.44. The molecule has 0 aromatic carbocycles. The molecule has 0 saturated carbocycles. The van der Waals surface area contributed by atoms with Crippen LogP contribution in [0, 0.1) is 17.3 Å². The van der Waals surface area contributed by atoms with E-state index in [9.17, 15) is 28.8 Å². The van der Waals surface area contributed by atoms with Crippen LogP contribution in [0.15, 0.2) is 37.0 Å². The van der Waals surface area contributed by atoms with Crippen molar-refractivity contribution in [2.24, 2.45) is 17.3 Å². The molecule has 0 spiro atoms. The van der Waals surface area contributed by atoms with Gasteiger partial charge in [-0.3, -0.25) is 24.2 Å². The maximum atomic E-state index is 13.7. The Labute approximate surface area is 273 Å². The summed E-state index contributed by atoms with van der Waals surface area (Å²) in [6.07, 6.45) is 2.40. The number of ketones is 1. The van der Waals surface area contributed by atoms with E-state index in [2.05, 4.69) is 13.2 Å². The van der Waals surface area contributed by atoms with Gasteiger partial charge in [0.1, 0.15) is 19.3 Å². The number of imide groups is 1. The number of allylic oxidation sites excluding steroid dienone is 1. The van der Waals surface area contributed by atoms with Gasteiger partial charge >= 0.3 is 24.1 Å². The van der Waals surface area contributed by atoms with Gasteiger partial charge in [0.2, 0.25) is 14.9 Å². The summed E-state index contributed by atoms with van der Waals surface area (Å²) >= 11 is 0. The fraction of sp³-hybridized carbons (Fsp3) is 0.625. The van der Waals surface area contributed by atoms with Crippen molar-refractivity contribution in [3.05, 3.63) is 37.0 Å². The topological polar surface area (TPSA) is 149 Å². The van der Waals surface area contributed by atoms with Gasteiger partial charge in [-0.15, -0.1) is 0 Å². The van der Waals surface area contributed by atoms with Crippen LogP contribution in [0.5, 0.6) is 0 Å². The molecule has 46 heavy (non-hydrogen) atoms. The first-order valence-electron chi connectivity index (χ1n) is 15.2. The van der Waals surface area contributed by atoms with Crippen LogP contribution < -0.4 is 0 Å². The molecule has 2 fully saturated rings. The molecule has 2 rings (SSSR count). The van der Waals surface area contributed by atoms with Crippen LogP contribution in [0.3, 0.4) is 0 Å². The summed E-state index contributed by atoms with van der Waals surface area (Å²) < 4.78 is 21.6. The summed E-state index contributed by atoms with van der Waals surface area (Å²) in [5, 5.41) is 0. The molecule has 0 bridgehead atoms. The van der Waals surface area contributed by atoms with Gasteiger partial charge in [-0.05, 0) is 36.9 Å². The highest BCUT2D eigenvalue weighted by molar-refractivity contribution is 6.48. The third-order valence-electron chi connectivity index (χ3n) is 7.87. The van der Waals surface area contributed by atoms with Crippen molar-refractivity contribution >= 4 is 44.8 Å². The molecule has 4 amide bonds. The fourth-order valence-electron chi connectivity index (χ4n) is 5.39. The number of hydrogen-bond donors (Lipinski definition) is 0. The van der Waals surface area contributed by atoms with Crippen LogP contribution in [0.2, 0.25) is 13.1 Å². The number of esters is 1. The summed E-state index contributed by atoms with van der Waals surface area (Å²) in [6, 6.07) is -1.56. The Balaban J connectivity index is 2.40. The molecule has 0 aromatic rings. The van der Waals surface area contributed by atoms with Crippen molar-refractivity contribution in [2.45, 2.75) is 71.8 Å². The summed E-state index contributed by atoms with van der Waals surface area (Å²) in [7, 11) is 1.97. The third kappa shape index (κ3) is 9.86. The van der Waals surface area contributed by atoms with E-state index in [1.165, 1.54) is 22.0 Å². The van der Waals surface area contributed by atoms with Crippen LogP contribution in [0.4, 0.5) is 9.59 Å². The molecule has 1 radical (unpaired) electrons. The molecular weight excluding hydrogens is 614 g/mol.